The highest BCUT2D eigenvalue weighted by Crippen LogP contribution is 2.19. The Hall–Kier alpha value is 0.0700. The van der Waals surface area contributed by atoms with Crippen LogP contribution < -0.4 is 5.73 Å². The van der Waals surface area contributed by atoms with Crippen molar-refractivity contribution in [2.45, 2.75) is 19.4 Å². The summed E-state index contributed by atoms with van der Waals surface area (Å²) in [5.41, 5.74) is 5.60. The SMILES string of the molecule is CC(N)Cc1cnc(Br)s1. The Balaban J connectivity index is 2.58. The van der Waals surface area contributed by atoms with Gasteiger partial charge in [0, 0.05) is 17.1 Å². The Labute approximate surface area is 72.6 Å². The summed E-state index contributed by atoms with van der Waals surface area (Å²) < 4.78 is 0.933. The summed E-state index contributed by atoms with van der Waals surface area (Å²) >= 11 is 4.93. The lowest BCUT2D eigenvalue weighted by Crippen LogP contribution is -2.16. The fraction of sp³-hybridized carbons (Fsp3) is 0.500. The normalized spacial score (nSPS) is 13.5. The van der Waals surface area contributed by atoms with Crippen molar-refractivity contribution in [2.75, 3.05) is 0 Å². The zero-order chi connectivity index (χ0) is 7.56. The van der Waals surface area contributed by atoms with Crippen molar-refractivity contribution < 1.29 is 0 Å². The quantitative estimate of drug-likeness (QED) is 0.826. The number of halogens is 1. The minimum absolute atomic E-state index is 0.229. The van der Waals surface area contributed by atoms with E-state index >= 15 is 0 Å². The maximum absolute atomic E-state index is 5.60. The summed E-state index contributed by atoms with van der Waals surface area (Å²) in [6.45, 7) is 1.99. The van der Waals surface area contributed by atoms with Gasteiger partial charge in [-0.3, -0.25) is 0 Å². The molecule has 1 rings (SSSR count). The van der Waals surface area contributed by atoms with E-state index in [4.69, 9.17) is 5.73 Å². The van der Waals surface area contributed by atoms with Crippen LogP contribution in [-0.2, 0) is 6.42 Å². The van der Waals surface area contributed by atoms with Crippen LogP contribution in [0.3, 0.4) is 0 Å². The molecule has 0 radical (unpaired) electrons. The average Bonchev–Trinajstić information content (AvgIpc) is 2.13. The van der Waals surface area contributed by atoms with E-state index < -0.39 is 0 Å². The molecule has 1 atom stereocenters. The molecule has 56 valence electrons. The highest BCUT2D eigenvalue weighted by Gasteiger charge is 2.00. The third-order valence-electron chi connectivity index (χ3n) is 1.05. The molecular weight excluding hydrogens is 212 g/mol. The molecule has 1 unspecified atom stereocenters. The number of thiazole rings is 1. The molecule has 4 heteroatoms. The Bertz CT molecular complexity index is 209. The molecule has 1 aromatic heterocycles. The van der Waals surface area contributed by atoms with Crippen LogP contribution in [0.2, 0.25) is 0 Å². The zero-order valence-electron chi connectivity index (χ0n) is 5.67. The fourth-order valence-corrected chi connectivity index (χ4v) is 2.19. The van der Waals surface area contributed by atoms with E-state index in [0.29, 0.717) is 0 Å². The number of rotatable bonds is 2. The van der Waals surface area contributed by atoms with Crippen LogP contribution in [0.4, 0.5) is 0 Å². The smallest absolute Gasteiger partial charge is 0.159 e. The van der Waals surface area contributed by atoms with E-state index in [1.807, 2.05) is 13.1 Å². The third kappa shape index (κ3) is 2.36. The van der Waals surface area contributed by atoms with E-state index in [9.17, 15) is 0 Å². The zero-order valence-corrected chi connectivity index (χ0v) is 8.08. The van der Waals surface area contributed by atoms with Gasteiger partial charge in [0.1, 0.15) is 0 Å². The van der Waals surface area contributed by atoms with Crippen LogP contribution in [-0.4, -0.2) is 11.0 Å². The van der Waals surface area contributed by atoms with Gasteiger partial charge in [0.05, 0.1) is 0 Å². The van der Waals surface area contributed by atoms with Crippen molar-refractivity contribution in [1.82, 2.24) is 4.98 Å². The number of nitrogens with two attached hydrogens (primary N) is 1. The van der Waals surface area contributed by atoms with E-state index in [-0.39, 0.29) is 6.04 Å². The molecule has 1 aromatic rings. The van der Waals surface area contributed by atoms with Gasteiger partial charge in [-0.1, -0.05) is 0 Å². The van der Waals surface area contributed by atoms with Crippen LogP contribution in [0.25, 0.3) is 0 Å². The molecular formula is C6H9BrN2S. The molecule has 0 saturated heterocycles. The standard InChI is InChI=1S/C6H9BrN2S/c1-4(8)2-5-3-9-6(7)10-5/h3-4H,2,8H2,1H3. The van der Waals surface area contributed by atoms with Crippen molar-refractivity contribution >= 4 is 27.3 Å². The topological polar surface area (TPSA) is 38.9 Å². The van der Waals surface area contributed by atoms with Gasteiger partial charge in [-0.15, -0.1) is 11.3 Å². The second-order valence-corrected chi connectivity index (χ2v) is 4.65. The molecule has 2 nitrogen and oxygen atoms in total. The van der Waals surface area contributed by atoms with Gasteiger partial charge in [0.2, 0.25) is 0 Å². The molecule has 10 heavy (non-hydrogen) atoms. The summed E-state index contributed by atoms with van der Waals surface area (Å²) in [6.07, 6.45) is 2.78. The summed E-state index contributed by atoms with van der Waals surface area (Å²) in [7, 11) is 0. The van der Waals surface area contributed by atoms with E-state index in [1.165, 1.54) is 4.88 Å². The molecule has 0 aromatic carbocycles. The molecule has 0 aliphatic rings. The molecule has 0 bridgehead atoms. The van der Waals surface area contributed by atoms with E-state index in [2.05, 4.69) is 20.9 Å². The molecule has 0 aliphatic heterocycles. The van der Waals surface area contributed by atoms with Crippen molar-refractivity contribution in [1.29, 1.82) is 0 Å². The molecule has 1 heterocycles. The molecule has 0 aliphatic carbocycles. The van der Waals surface area contributed by atoms with Gasteiger partial charge in [0.15, 0.2) is 3.92 Å². The second-order valence-electron chi connectivity index (χ2n) is 2.26. The summed E-state index contributed by atoms with van der Waals surface area (Å²) in [4.78, 5) is 5.29. The first-order valence-corrected chi connectivity index (χ1v) is 4.65. The molecule has 0 amide bonds. The van der Waals surface area contributed by atoms with Gasteiger partial charge in [-0.05, 0) is 29.3 Å². The Morgan fingerprint density at radius 2 is 2.60 bits per heavy atom. The first-order chi connectivity index (χ1) is 4.68. The third-order valence-corrected chi connectivity index (χ3v) is 2.55. The predicted molar refractivity (Wildman–Crippen MR) is 47.2 cm³/mol. The number of hydrogen-bond donors (Lipinski definition) is 1. The van der Waals surface area contributed by atoms with Gasteiger partial charge in [-0.25, -0.2) is 4.98 Å². The van der Waals surface area contributed by atoms with Crippen LogP contribution in [0, 0.1) is 0 Å². The highest BCUT2D eigenvalue weighted by atomic mass is 79.9. The number of aromatic nitrogens is 1. The highest BCUT2D eigenvalue weighted by molar-refractivity contribution is 9.11. The lowest BCUT2D eigenvalue weighted by atomic mass is 10.2. The maximum atomic E-state index is 5.60. The minimum atomic E-state index is 0.229. The van der Waals surface area contributed by atoms with Gasteiger partial charge in [0.25, 0.3) is 0 Å². The molecule has 0 saturated carbocycles. The molecule has 2 N–H and O–H groups in total. The Kier molecular flexibility index (Phi) is 2.82. The van der Waals surface area contributed by atoms with Crippen LogP contribution >= 0.6 is 27.3 Å². The minimum Gasteiger partial charge on any atom is -0.328 e. The molecule has 0 fully saturated rings. The van der Waals surface area contributed by atoms with Crippen molar-refractivity contribution in [3.05, 3.63) is 15.0 Å². The summed E-state index contributed by atoms with van der Waals surface area (Å²) in [5, 5.41) is 0. The Morgan fingerprint density at radius 3 is 3.00 bits per heavy atom. The monoisotopic (exact) mass is 220 g/mol. The fourth-order valence-electron chi connectivity index (χ4n) is 0.695. The van der Waals surface area contributed by atoms with Gasteiger partial charge < -0.3 is 5.73 Å². The summed E-state index contributed by atoms with van der Waals surface area (Å²) in [5.74, 6) is 0. The largest absolute Gasteiger partial charge is 0.328 e. The summed E-state index contributed by atoms with van der Waals surface area (Å²) in [6, 6.07) is 0.229. The van der Waals surface area contributed by atoms with Crippen LogP contribution in [0.5, 0.6) is 0 Å². The maximum Gasteiger partial charge on any atom is 0.159 e. The number of hydrogen-bond acceptors (Lipinski definition) is 3. The van der Waals surface area contributed by atoms with E-state index in [1.54, 1.807) is 11.3 Å². The van der Waals surface area contributed by atoms with Crippen molar-refractivity contribution in [2.24, 2.45) is 5.73 Å². The van der Waals surface area contributed by atoms with Crippen LogP contribution in [0.1, 0.15) is 11.8 Å². The first-order valence-electron chi connectivity index (χ1n) is 3.04. The van der Waals surface area contributed by atoms with Crippen LogP contribution in [0.15, 0.2) is 10.1 Å². The second kappa shape index (κ2) is 3.46. The number of nitrogens with zero attached hydrogens (tertiary/aromatic N) is 1. The van der Waals surface area contributed by atoms with Crippen molar-refractivity contribution in [3.63, 3.8) is 0 Å². The van der Waals surface area contributed by atoms with Crippen molar-refractivity contribution in [3.8, 4) is 0 Å². The molecule has 0 spiro atoms. The van der Waals surface area contributed by atoms with Gasteiger partial charge >= 0.3 is 0 Å². The van der Waals surface area contributed by atoms with Gasteiger partial charge in [-0.2, -0.15) is 0 Å². The average molecular weight is 221 g/mol. The van der Waals surface area contributed by atoms with E-state index in [0.717, 1.165) is 10.3 Å². The lowest BCUT2D eigenvalue weighted by Gasteiger charge is -1.98. The Morgan fingerprint density at radius 1 is 1.90 bits per heavy atom. The first kappa shape index (κ1) is 8.17. The lowest BCUT2D eigenvalue weighted by molar-refractivity contribution is 0.745. The predicted octanol–water partition coefficient (Wildman–Crippen LogP) is 1.80.